The number of benzene rings is 2. The number of carbonyl (C=O) groups is 2. The lowest BCUT2D eigenvalue weighted by molar-refractivity contribution is -0.115. The maximum Gasteiger partial charge on any atom is 0.258 e. The van der Waals surface area contributed by atoms with Gasteiger partial charge < -0.3 is 10.2 Å². The zero-order chi connectivity index (χ0) is 22.0. The highest BCUT2D eigenvalue weighted by Crippen LogP contribution is 2.37. The normalized spacial score (nSPS) is 13.5. The van der Waals surface area contributed by atoms with E-state index in [9.17, 15) is 9.59 Å². The Balaban J connectivity index is 1.50. The number of nitrogens with zero attached hydrogens (tertiary/aromatic N) is 1. The summed E-state index contributed by atoms with van der Waals surface area (Å²) in [5.74, 6) is -0.0919. The van der Waals surface area contributed by atoms with Crippen LogP contribution in [0.4, 0.5) is 11.4 Å². The summed E-state index contributed by atoms with van der Waals surface area (Å²) in [7, 11) is 0. The fourth-order valence-corrected chi connectivity index (χ4v) is 5.30. The highest BCUT2D eigenvalue weighted by Gasteiger charge is 2.25. The molecule has 0 radical (unpaired) electrons. The lowest BCUT2D eigenvalue weighted by Gasteiger charge is -2.22. The zero-order valence-electron chi connectivity index (χ0n) is 17.7. The minimum absolute atomic E-state index is 0.0205. The summed E-state index contributed by atoms with van der Waals surface area (Å²) >= 11 is 7.79. The van der Waals surface area contributed by atoms with Crippen molar-refractivity contribution in [1.29, 1.82) is 0 Å². The minimum Gasteiger partial charge on any atom is -0.326 e. The Morgan fingerprint density at radius 2 is 1.87 bits per heavy atom. The second kappa shape index (κ2) is 9.25. The summed E-state index contributed by atoms with van der Waals surface area (Å²) in [6, 6.07) is 15.2. The molecule has 1 aromatic heterocycles. The van der Waals surface area contributed by atoms with E-state index in [0.29, 0.717) is 28.6 Å². The highest BCUT2D eigenvalue weighted by atomic mass is 35.5. The summed E-state index contributed by atoms with van der Waals surface area (Å²) in [5, 5.41) is 2.95. The molecule has 6 heteroatoms. The van der Waals surface area contributed by atoms with Crippen molar-refractivity contribution in [2.24, 2.45) is 0 Å². The van der Waals surface area contributed by atoms with Gasteiger partial charge in [0.25, 0.3) is 5.91 Å². The number of carbonyl (C=O) groups excluding carboxylic acids is 2. The second-order valence-electron chi connectivity index (χ2n) is 7.95. The number of amides is 2. The van der Waals surface area contributed by atoms with E-state index < -0.39 is 0 Å². The van der Waals surface area contributed by atoms with Crippen molar-refractivity contribution >= 4 is 46.1 Å². The average Bonchev–Trinajstić information content (AvgIpc) is 2.98. The SMILES string of the molecule is Cc1ccccc1CC(=O)Nc1ccc(C(=O)N2CCCCc3sc(Cl)cc32)c(C)c1. The number of rotatable bonds is 4. The first kappa shape index (κ1) is 21.6. The van der Waals surface area contributed by atoms with Crippen molar-refractivity contribution in [2.75, 3.05) is 16.8 Å². The summed E-state index contributed by atoms with van der Waals surface area (Å²) in [5.41, 5.74) is 5.23. The Hall–Kier alpha value is -2.63. The zero-order valence-corrected chi connectivity index (χ0v) is 19.3. The quantitative estimate of drug-likeness (QED) is 0.513. The minimum atomic E-state index is -0.0714. The summed E-state index contributed by atoms with van der Waals surface area (Å²) < 4.78 is 0.716. The maximum atomic E-state index is 13.4. The molecule has 0 bridgehead atoms. The van der Waals surface area contributed by atoms with Crippen LogP contribution >= 0.6 is 22.9 Å². The third-order valence-corrected chi connectivity index (χ3v) is 6.99. The lowest BCUT2D eigenvalue weighted by Crippen LogP contribution is -2.32. The fraction of sp³-hybridized carbons (Fsp3) is 0.280. The molecule has 4 rings (SSSR count). The van der Waals surface area contributed by atoms with Crippen LogP contribution in [-0.2, 0) is 17.6 Å². The Kier molecular flexibility index (Phi) is 6.44. The average molecular weight is 453 g/mol. The number of aryl methyl sites for hydroxylation is 3. The van der Waals surface area contributed by atoms with Gasteiger partial charge in [-0.15, -0.1) is 11.3 Å². The van der Waals surface area contributed by atoms with Crippen molar-refractivity contribution in [1.82, 2.24) is 0 Å². The van der Waals surface area contributed by atoms with Gasteiger partial charge in [-0.05, 0) is 74.1 Å². The van der Waals surface area contributed by atoms with Crippen LogP contribution in [0.2, 0.25) is 4.34 Å². The van der Waals surface area contributed by atoms with E-state index in [0.717, 1.165) is 41.6 Å². The molecule has 1 aliphatic rings. The van der Waals surface area contributed by atoms with Crippen molar-refractivity contribution in [2.45, 2.75) is 39.5 Å². The van der Waals surface area contributed by atoms with Gasteiger partial charge >= 0.3 is 0 Å². The third kappa shape index (κ3) is 4.83. The Morgan fingerprint density at radius 3 is 2.65 bits per heavy atom. The molecule has 0 fully saturated rings. The molecule has 1 N–H and O–H groups in total. The summed E-state index contributed by atoms with van der Waals surface area (Å²) in [4.78, 5) is 28.9. The predicted octanol–water partition coefficient (Wildman–Crippen LogP) is 6.18. The molecule has 31 heavy (non-hydrogen) atoms. The number of hydrogen-bond acceptors (Lipinski definition) is 3. The number of hydrogen-bond donors (Lipinski definition) is 1. The Morgan fingerprint density at radius 1 is 1.06 bits per heavy atom. The molecule has 2 heterocycles. The van der Waals surface area contributed by atoms with Gasteiger partial charge in [0.1, 0.15) is 0 Å². The van der Waals surface area contributed by atoms with Crippen molar-refractivity contribution in [3.05, 3.63) is 80.0 Å². The van der Waals surface area contributed by atoms with Gasteiger partial charge in [-0.2, -0.15) is 0 Å². The van der Waals surface area contributed by atoms with Gasteiger partial charge in [0.2, 0.25) is 5.91 Å². The molecule has 2 amide bonds. The van der Waals surface area contributed by atoms with Crippen LogP contribution in [-0.4, -0.2) is 18.4 Å². The van der Waals surface area contributed by atoms with Gasteiger partial charge in [0, 0.05) is 22.7 Å². The number of nitrogens with one attached hydrogen (secondary N) is 1. The van der Waals surface area contributed by atoms with Crippen LogP contribution < -0.4 is 10.2 Å². The van der Waals surface area contributed by atoms with Gasteiger partial charge in [-0.25, -0.2) is 0 Å². The summed E-state index contributed by atoms with van der Waals surface area (Å²) in [6.07, 6.45) is 3.30. The van der Waals surface area contributed by atoms with E-state index in [1.165, 1.54) is 4.88 Å². The second-order valence-corrected chi connectivity index (χ2v) is 9.72. The first-order valence-corrected chi connectivity index (χ1v) is 11.7. The third-order valence-electron chi connectivity index (χ3n) is 5.68. The molecule has 0 unspecified atom stereocenters. The predicted molar refractivity (Wildman–Crippen MR) is 129 cm³/mol. The van der Waals surface area contributed by atoms with Gasteiger partial charge in [-0.3, -0.25) is 9.59 Å². The lowest BCUT2D eigenvalue weighted by atomic mass is 10.0. The molecular formula is C25H25ClN2O2S. The van der Waals surface area contributed by atoms with Crippen LogP contribution in [0.5, 0.6) is 0 Å². The highest BCUT2D eigenvalue weighted by molar-refractivity contribution is 7.16. The van der Waals surface area contributed by atoms with Crippen LogP contribution in [0.25, 0.3) is 0 Å². The molecule has 0 atom stereocenters. The molecule has 4 nitrogen and oxygen atoms in total. The van der Waals surface area contributed by atoms with Crippen LogP contribution in [0, 0.1) is 13.8 Å². The molecule has 0 saturated heterocycles. The van der Waals surface area contributed by atoms with E-state index in [4.69, 9.17) is 11.6 Å². The van der Waals surface area contributed by atoms with Gasteiger partial charge in [0.05, 0.1) is 16.4 Å². The largest absolute Gasteiger partial charge is 0.326 e. The molecular weight excluding hydrogens is 428 g/mol. The van der Waals surface area contributed by atoms with Crippen molar-refractivity contribution < 1.29 is 9.59 Å². The molecule has 2 aromatic carbocycles. The van der Waals surface area contributed by atoms with E-state index in [-0.39, 0.29) is 11.8 Å². The molecule has 0 aliphatic carbocycles. The Labute approximate surface area is 191 Å². The number of thiophene rings is 1. The van der Waals surface area contributed by atoms with Crippen LogP contribution in [0.3, 0.4) is 0 Å². The van der Waals surface area contributed by atoms with Gasteiger partial charge in [-0.1, -0.05) is 35.9 Å². The van der Waals surface area contributed by atoms with E-state index in [1.54, 1.807) is 23.5 Å². The standard InChI is InChI=1S/C25H25ClN2O2S/c1-16-7-3-4-8-18(16)14-24(29)27-19-10-11-20(17(2)13-19)25(30)28-12-6-5-9-22-21(28)15-23(26)31-22/h3-4,7-8,10-11,13,15H,5-6,9,12,14H2,1-2H3,(H,27,29). The monoisotopic (exact) mass is 452 g/mol. The topological polar surface area (TPSA) is 49.4 Å². The van der Waals surface area contributed by atoms with Crippen molar-refractivity contribution in [3.8, 4) is 0 Å². The molecule has 0 saturated carbocycles. The van der Waals surface area contributed by atoms with Crippen molar-refractivity contribution in [3.63, 3.8) is 0 Å². The smallest absolute Gasteiger partial charge is 0.258 e. The molecule has 0 spiro atoms. The van der Waals surface area contributed by atoms with E-state index >= 15 is 0 Å². The number of anilines is 2. The molecule has 3 aromatic rings. The maximum absolute atomic E-state index is 13.4. The number of halogens is 1. The Bertz CT molecular complexity index is 1140. The van der Waals surface area contributed by atoms with E-state index in [1.807, 2.05) is 55.1 Å². The summed E-state index contributed by atoms with van der Waals surface area (Å²) in [6.45, 7) is 4.60. The van der Waals surface area contributed by atoms with Crippen LogP contribution in [0.1, 0.15) is 44.8 Å². The first-order chi connectivity index (χ1) is 14.9. The molecule has 160 valence electrons. The first-order valence-electron chi connectivity index (χ1n) is 10.5. The van der Waals surface area contributed by atoms with Crippen LogP contribution in [0.15, 0.2) is 48.5 Å². The molecule has 1 aliphatic heterocycles. The number of fused-ring (bicyclic) bond motifs is 1. The van der Waals surface area contributed by atoms with E-state index in [2.05, 4.69) is 5.32 Å². The fourth-order valence-electron chi connectivity index (χ4n) is 4.00. The van der Waals surface area contributed by atoms with Gasteiger partial charge in [0.15, 0.2) is 0 Å².